The van der Waals surface area contributed by atoms with Gasteiger partial charge in [0, 0.05) is 35.8 Å². The van der Waals surface area contributed by atoms with Crippen molar-refractivity contribution in [2.75, 3.05) is 13.2 Å². The topological polar surface area (TPSA) is 67.8 Å². The number of fused-ring (bicyclic) bond motifs is 3. The van der Waals surface area contributed by atoms with E-state index in [9.17, 15) is 9.90 Å². The Bertz CT molecular complexity index is 985. The van der Waals surface area contributed by atoms with Gasteiger partial charge in [0.15, 0.2) is 5.76 Å². The zero-order valence-corrected chi connectivity index (χ0v) is 19.5. The number of carbonyl (C=O) groups is 1. The highest BCUT2D eigenvalue weighted by Gasteiger charge is 2.42. The van der Waals surface area contributed by atoms with Crippen molar-refractivity contribution in [1.29, 1.82) is 0 Å². The number of nitrogens with one attached hydrogen (secondary N) is 1. The second kappa shape index (κ2) is 9.54. The molecule has 5 rings (SSSR count). The third-order valence-corrected chi connectivity index (χ3v) is 8.54. The van der Waals surface area contributed by atoms with Gasteiger partial charge in [0.25, 0.3) is 5.91 Å². The van der Waals surface area contributed by atoms with Crippen molar-refractivity contribution in [2.45, 2.75) is 63.7 Å². The van der Waals surface area contributed by atoms with E-state index in [1.54, 1.807) is 11.3 Å². The molecule has 2 bridgehead atoms. The lowest BCUT2D eigenvalue weighted by Crippen LogP contribution is -2.43. The summed E-state index contributed by atoms with van der Waals surface area (Å²) in [6, 6.07) is 8.68. The second-order valence-electron chi connectivity index (χ2n) is 9.47. The number of amides is 1. The first-order valence-electron chi connectivity index (χ1n) is 12.1. The van der Waals surface area contributed by atoms with Crippen molar-refractivity contribution < 1.29 is 19.4 Å². The van der Waals surface area contributed by atoms with Crippen molar-refractivity contribution in [2.24, 2.45) is 17.8 Å². The third kappa shape index (κ3) is 4.20. The summed E-state index contributed by atoms with van der Waals surface area (Å²) in [6.07, 6.45) is 7.84. The number of hydrogen-bond acceptors (Lipinski definition) is 5. The predicted octanol–water partition coefficient (Wildman–Crippen LogP) is 4.96. The minimum Gasteiger partial charge on any atom is -0.459 e. The van der Waals surface area contributed by atoms with Crippen LogP contribution in [0.25, 0.3) is 10.1 Å². The largest absolute Gasteiger partial charge is 0.459 e. The Morgan fingerprint density at radius 2 is 2.16 bits per heavy atom. The molecule has 1 aromatic heterocycles. The van der Waals surface area contributed by atoms with E-state index < -0.39 is 6.29 Å². The van der Waals surface area contributed by atoms with Crippen LogP contribution in [0.5, 0.6) is 0 Å². The first-order chi connectivity index (χ1) is 15.7. The second-order valence-corrected chi connectivity index (χ2v) is 10.4. The molecule has 0 saturated heterocycles. The lowest BCUT2D eigenvalue weighted by Gasteiger charge is -2.37. The van der Waals surface area contributed by atoms with Gasteiger partial charge in [-0.2, -0.15) is 0 Å². The average Bonchev–Trinajstić information content (AvgIpc) is 3.53. The van der Waals surface area contributed by atoms with E-state index in [1.165, 1.54) is 34.9 Å². The van der Waals surface area contributed by atoms with E-state index in [2.05, 4.69) is 35.0 Å². The molecule has 2 aliphatic carbocycles. The monoisotopic (exact) mass is 455 g/mol. The quantitative estimate of drug-likeness (QED) is 0.591. The Morgan fingerprint density at radius 3 is 2.91 bits per heavy atom. The number of benzene rings is 1. The maximum absolute atomic E-state index is 13.3. The van der Waals surface area contributed by atoms with Gasteiger partial charge in [-0.05, 0) is 79.3 Å². The Balaban J connectivity index is 1.46. The molecule has 2 fully saturated rings. The molecule has 5 nitrogen and oxygen atoms in total. The van der Waals surface area contributed by atoms with Gasteiger partial charge in [0.05, 0.1) is 0 Å². The highest BCUT2D eigenvalue weighted by atomic mass is 32.1. The van der Waals surface area contributed by atoms with Crippen LogP contribution >= 0.6 is 11.3 Å². The highest BCUT2D eigenvalue weighted by molar-refractivity contribution is 7.17. The smallest absolute Gasteiger partial charge is 0.286 e. The van der Waals surface area contributed by atoms with Crippen LogP contribution < -0.4 is 5.32 Å². The number of hydrogen-bond donors (Lipinski definition) is 2. The Morgan fingerprint density at radius 1 is 1.28 bits per heavy atom. The van der Waals surface area contributed by atoms with Crippen molar-refractivity contribution in [3.05, 3.63) is 47.0 Å². The molecular formula is C26H33NO4S. The SMILES string of the molecule is CCO[C@H]1OC(C(=O)NC2CC3CCC2C3)=C[C@@H](c2csc3ccccc23)[C@H]1CCCO. The number of aliphatic hydroxyl groups excluding tert-OH is 1. The molecule has 3 aliphatic rings. The standard InChI is InChI=1S/C26H33NO4S/c1-2-30-26-19(7-5-11-28)20(21-15-32-24-8-4-3-6-18(21)24)14-23(31-26)25(29)27-22-13-16-9-10-17(22)12-16/h3-4,6,8,14-17,19-20,22,26,28H,2,5,7,9-13H2,1H3,(H,27,29)/t16?,17?,19-,20-,22?,26+/m1/s1. The van der Waals surface area contributed by atoms with Gasteiger partial charge >= 0.3 is 0 Å². The van der Waals surface area contributed by atoms with Crippen molar-refractivity contribution >= 4 is 27.3 Å². The van der Waals surface area contributed by atoms with E-state index in [4.69, 9.17) is 9.47 Å². The zero-order valence-electron chi connectivity index (χ0n) is 18.7. The van der Waals surface area contributed by atoms with Gasteiger partial charge in [-0.15, -0.1) is 11.3 Å². The minimum atomic E-state index is -0.499. The summed E-state index contributed by atoms with van der Waals surface area (Å²) in [4.78, 5) is 13.3. The summed E-state index contributed by atoms with van der Waals surface area (Å²) in [5, 5.41) is 16.2. The molecule has 6 atom stereocenters. The van der Waals surface area contributed by atoms with Crippen LogP contribution in [0, 0.1) is 17.8 Å². The maximum atomic E-state index is 13.3. The molecular weight excluding hydrogens is 422 g/mol. The molecule has 3 unspecified atom stereocenters. The van der Waals surface area contributed by atoms with E-state index in [1.807, 2.05) is 13.0 Å². The van der Waals surface area contributed by atoms with Crippen LogP contribution in [-0.4, -0.2) is 36.6 Å². The first kappa shape index (κ1) is 21.9. The Hall–Kier alpha value is -1.89. The van der Waals surface area contributed by atoms with Crippen LogP contribution in [0.2, 0.25) is 0 Å². The fraction of sp³-hybridized carbons (Fsp3) is 0.577. The first-order valence-corrected chi connectivity index (χ1v) is 12.9. The van der Waals surface area contributed by atoms with E-state index >= 15 is 0 Å². The van der Waals surface area contributed by atoms with Gasteiger partial charge < -0.3 is 19.9 Å². The third-order valence-electron chi connectivity index (χ3n) is 7.56. The number of thiophene rings is 1. The van der Waals surface area contributed by atoms with Gasteiger partial charge in [-0.3, -0.25) is 4.79 Å². The Labute approximate surface area is 193 Å². The van der Waals surface area contributed by atoms with Gasteiger partial charge in [0.1, 0.15) is 0 Å². The van der Waals surface area contributed by atoms with Crippen LogP contribution in [0.4, 0.5) is 0 Å². The van der Waals surface area contributed by atoms with Crippen LogP contribution in [0.15, 0.2) is 41.5 Å². The van der Waals surface area contributed by atoms with Crippen LogP contribution in [0.1, 0.15) is 56.9 Å². The lowest BCUT2D eigenvalue weighted by atomic mass is 9.80. The van der Waals surface area contributed by atoms with Gasteiger partial charge in [0.2, 0.25) is 6.29 Å². The molecule has 2 N–H and O–H groups in total. The maximum Gasteiger partial charge on any atom is 0.286 e. The normalized spacial score (nSPS) is 31.5. The fourth-order valence-corrected chi connectivity index (χ4v) is 7.05. The molecule has 2 heterocycles. The molecule has 1 aromatic carbocycles. The minimum absolute atomic E-state index is 0.00350. The average molecular weight is 456 g/mol. The number of ether oxygens (including phenoxy) is 2. The van der Waals surface area contributed by atoms with E-state index in [0.29, 0.717) is 24.7 Å². The summed E-state index contributed by atoms with van der Waals surface area (Å²) in [6.45, 7) is 2.60. The molecule has 2 aromatic rings. The van der Waals surface area contributed by atoms with Gasteiger partial charge in [-0.1, -0.05) is 24.6 Å². The number of rotatable bonds is 8. The van der Waals surface area contributed by atoms with Crippen LogP contribution in [0.3, 0.4) is 0 Å². The van der Waals surface area contributed by atoms with Gasteiger partial charge in [-0.25, -0.2) is 0 Å². The van der Waals surface area contributed by atoms with Crippen molar-refractivity contribution in [3.8, 4) is 0 Å². The lowest BCUT2D eigenvalue weighted by molar-refractivity contribution is -0.166. The fourth-order valence-electron chi connectivity index (χ4n) is 6.04. The molecule has 1 aliphatic heterocycles. The molecule has 6 heteroatoms. The number of aliphatic hydroxyl groups is 1. The summed E-state index contributed by atoms with van der Waals surface area (Å²) in [7, 11) is 0. The zero-order chi connectivity index (χ0) is 22.1. The van der Waals surface area contributed by atoms with E-state index in [0.717, 1.165) is 18.8 Å². The molecule has 1 amide bonds. The predicted molar refractivity (Wildman–Crippen MR) is 126 cm³/mol. The molecule has 32 heavy (non-hydrogen) atoms. The molecule has 0 radical (unpaired) electrons. The Kier molecular flexibility index (Phi) is 6.54. The highest BCUT2D eigenvalue weighted by Crippen LogP contribution is 2.46. The number of allylic oxidation sites excluding steroid dienone is 1. The summed E-state index contributed by atoms with van der Waals surface area (Å²) < 4.78 is 13.4. The van der Waals surface area contributed by atoms with E-state index in [-0.39, 0.29) is 30.4 Å². The van der Waals surface area contributed by atoms with Crippen molar-refractivity contribution in [1.82, 2.24) is 5.32 Å². The molecule has 0 spiro atoms. The molecule has 2 saturated carbocycles. The number of carbonyl (C=O) groups excluding carboxylic acids is 1. The van der Waals surface area contributed by atoms with Crippen LogP contribution in [-0.2, 0) is 14.3 Å². The summed E-state index contributed by atoms with van der Waals surface area (Å²) >= 11 is 1.73. The molecule has 172 valence electrons. The van der Waals surface area contributed by atoms with Crippen molar-refractivity contribution in [3.63, 3.8) is 0 Å². The summed E-state index contributed by atoms with van der Waals surface area (Å²) in [5.41, 5.74) is 1.21. The summed E-state index contributed by atoms with van der Waals surface area (Å²) in [5.74, 6) is 1.70.